The second-order valence-corrected chi connectivity index (χ2v) is 4.14. The van der Waals surface area contributed by atoms with Gasteiger partial charge in [0.1, 0.15) is 6.10 Å². The molecule has 1 aromatic carbocycles. The van der Waals surface area contributed by atoms with Crippen molar-refractivity contribution in [2.45, 2.75) is 19.4 Å². The van der Waals surface area contributed by atoms with Crippen LogP contribution in [0.4, 0.5) is 0 Å². The topological polar surface area (TPSA) is 21.6 Å². The Morgan fingerprint density at radius 2 is 2.14 bits per heavy atom. The minimum absolute atomic E-state index is 0.200. The summed E-state index contributed by atoms with van der Waals surface area (Å²) in [6, 6.07) is 8.38. The molecule has 3 heteroatoms. The first-order chi connectivity index (χ1) is 6.79. The Morgan fingerprint density at radius 3 is 2.71 bits per heavy atom. The number of rotatable bonds is 2. The highest BCUT2D eigenvalue weighted by molar-refractivity contribution is 9.09. The third-order valence-corrected chi connectivity index (χ3v) is 3.01. The molecule has 2 nitrogen and oxygen atoms in total. The summed E-state index contributed by atoms with van der Waals surface area (Å²) in [4.78, 5) is 5.24. The van der Waals surface area contributed by atoms with Crippen molar-refractivity contribution in [3.63, 3.8) is 0 Å². The molecule has 0 bridgehead atoms. The van der Waals surface area contributed by atoms with Gasteiger partial charge in [-0.2, -0.15) is 0 Å². The normalized spacial score (nSPS) is 20.4. The third kappa shape index (κ3) is 1.98. The van der Waals surface area contributed by atoms with Crippen LogP contribution in [0.5, 0.6) is 0 Å². The number of aryl methyl sites for hydroxylation is 1. The summed E-state index contributed by atoms with van der Waals surface area (Å²) in [6.45, 7) is 2.08. The zero-order valence-electron chi connectivity index (χ0n) is 8.03. The van der Waals surface area contributed by atoms with Gasteiger partial charge >= 0.3 is 0 Å². The van der Waals surface area contributed by atoms with E-state index in [4.69, 9.17) is 4.84 Å². The second kappa shape index (κ2) is 4.13. The van der Waals surface area contributed by atoms with E-state index in [1.54, 1.807) is 0 Å². The van der Waals surface area contributed by atoms with Crippen LogP contribution in [0.25, 0.3) is 0 Å². The minimum Gasteiger partial charge on any atom is -0.391 e. The highest BCUT2D eigenvalue weighted by Gasteiger charge is 2.20. The number of hydrogen-bond donors (Lipinski definition) is 0. The van der Waals surface area contributed by atoms with E-state index in [1.807, 2.05) is 0 Å². The molecule has 0 spiro atoms. The van der Waals surface area contributed by atoms with Gasteiger partial charge in [-0.05, 0) is 12.5 Å². The number of benzene rings is 1. The molecule has 14 heavy (non-hydrogen) atoms. The van der Waals surface area contributed by atoms with Gasteiger partial charge in [0.15, 0.2) is 0 Å². The molecule has 1 unspecified atom stereocenters. The maximum absolute atomic E-state index is 5.24. The van der Waals surface area contributed by atoms with Crippen molar-refractivity contribution in [2.75, 3.05) is 5.33 Å². The number of nitrogens with zero attached hydrogens (tertiary/aromatic N) is 1. The van der Waals surface area contributed by atoms with E-state index in [2.05, 4.69) is 52.3 Å². The monoisotopic (exact) mass is 253 g/mol. The van der Waals surface area contributed by atoms with Crippen LogP contribution in [0.2, 0.25) is 0 Å². The predicted molar refractivity (Wildman–Crippen MR) is 61.0 cm³/mol. The van der Waals surface area contributed by atoms with E-state index in [-0.39, 0.29) is 6.10 Å². The van der Waals surface area contributed by atoms with Crippen LogP contribution in [0.1, 0.15) is 17.5 Å². The van der Waals surface area contributed by atoms with Crippen LogP contribution in [0, 0.1) is 6.92 Å². The van der Waals surface area contributed by atoms with Crippen molar-refractivity contribution in [1.29, 1.82) is 0 Å². The Morgan fingerprint density at radius 1 is 1.43 bits per heavy atom. The van der Waals surface area contributed by atoms with Gasteiger partial charge in [0.2, 0.25) is 0 Å². The van der Waals surface area contributed by atoms with Gasteiger partial charge in [0, 0.05) is 11.8 Å². The quantitative estimate of drug-likeness (QED) is 0.743. The van der Waals surface area contributed by atoms with Crippen LogP contribution < -0.4 is 0 Å². The fraction of sp³-hybridized carbons (Fsp3) is 0.364. The zero-order valence-corrected chi connectivity index (χ0v) is 9.62. The molecule has 1 atom stereocenters. The fourth-order valence-electron chi connectivity index (χ4n) is 1.43. The highest BCUT2D eigenvalue weighted by atomic mass is 79.9. The fourth-order valence-corrected chi connectivity index (χ4v) is 1.77. The predicted octanol–water partition coefficient (Wildman–Crippen LogP) is 2.88. The van der Waals surface area contributed by atoms with Crippen molar-refractivity contribution < 1.29 is 4.84 Å². The van der Waals surface area contributed by atoms with Crippen LogP contribution in [0.3, 0.4) is 0 Å². The third-order valence-electron chi connectivity index (χ3n) is 2.29. The molecule has 0 radical (unpaired) electrons. The van der Waals surface area contributed by atoms with Gasteiger partial charge in [0.25, 0.3) is 0 Å². The number of hydrogen-bond acceptors (Lipinski definition) is 2. The molecule has 0 N–H and O–H groups in total. The van der Waals surface area contributed by atoms with Crippen molar-refractivity contribution in [3.05, 3.63) is 35.4 Å². The van der Waals surface area contributed by atoms with Gasteiger partial charge < -0.3 is 4.84 Å². The van der Waals surface area contributed by atoms with Crippen molar-refractivity contribution in [2.24, 2.45) is 5.16 Å². The highest BCUT2D eigenvalue weighted by Crippen LogP contribution is 2.18. The van der Waals surface area contributed by atoms with Crippen LogP contribution in [-0.4, -0.2) is 17.1 Å². The maximum atomic E-state index is 5.24. The van der Waals surface area contributed by atoms with E-state index in [0.29, 0.717) is 0 Å². The summed E-state index contributed by atoms with van der Waals surface area (Å²) in [5.74, 6) is 0. The smallest absolute Gasteiger partial charge is 0.142 e. The standard InChI is InChI=1S/C11H12BrNO/c1-8-2-4-9(5-3-8)11-6-10(7-12)14-13-11/h2-5,10H,6-7H2,1H3. The molecular weight excluding hydrogens is 242 g/mol. The van der Waals surface area contributed by atoms with Crippen LogP contribution in [-0.2, 0) is 4.84 Å². The van der Waals surface area contributed by atoms with Crippen molar-refractivity contribution >= 4 is 21.6 Å². The Bertz CT molecular complexity index is 345. The molecule has 0 amide bonds. The summed E-state index contributed by atoms with van der Waals surface area (Å²) in [6.07, 6.45) is 1.10. The van der Waals surface area contributed by atoms with E-state index < -0.39 is 0 Å². The number of halogens is 1. The van der Waals surface area contributed by atoms with Gasteiger partial charge in [-0.25, -0.2) is 0 Å². The molecule has 0 fully saturated rings. The summed E-state index contributed by atoms with van der Waals surface area (Å²) in [5.41, 5.74) is 3.49. The van der Waals surface area contributed by atoms with Gasteiger partial charge in [-0.1, -0.05) is 50.9 Å². The summed E-state index contributed by atoms with van der Waals surface area (Å²) in [5, 5.41) is 4.91. The first-order valence-corrected chi connectivity index (χ1v) is 5.77. The maximum Gasteiger partial charge on any atom is 0.142 e. The lowest BCUT2D eigenvalue weighted by atomic mass is 10.0. The molecule has 1 aromatic rings. The van der Waals surface area contributed by atoms with E-state index >= 15 is 0 Å². The lowest BCUT2D eigenvalue weighted by molar-refractivity contribution is 0.104. The Labute approximate surface area is 92.1 Å². The van der Waals surface area contributed by atoms with Gasteiger partial charge in [0.05, 0.1) is 5.71 Å². The number of oxime groups is 1. The van der Waals surface area contributed by atoms with Crippen LogP contribution in [0.15, 0.2) is 29.4 Å². The molecule has 1 heterocycles. The minimum atomic E-state index is 0.200. The summed E-state index contributed by atoms with van der Waals surface area (Å²) < 4.78 is 0. The first kappa shape index (κ1) is 9.71. The molecule has 1 aliphatic heterocycles. The first-order valence-electron chi connectivity index (χ1n) is 4.65. The SMILES string of the molecule is Cc1ccc(C2=NOC(CBr)C2)cc1. The Kier molecular flexibility index (Phi) is 2.87. The van der Waals surface area contributed by atoms with Crippen molar-refractivity contribution in [3.8, 4) is 0 Å². The summed E-state index contributed by atoms with van der Waals surface area (Å²) in [7, 11) is 0. The second-order valence-electron chi connectivity index (χ2n) is 3.49. The van der Waals surface area contributed by atoms with Gasteiger partial charge in [-0.15, -0.1) is 0 Å². The Balaban J connectivity index is 2.13. The summed E-state index contributed by atoms with van der Waals surface area (Å²) >= 11 is 3.39. The lowest BCUT2D eigenvalue weighted by Crippen LogP contribution is -2.09. The lowest BCUT2D eigenvalue weighted by Gasteiger charge is -2.01. The molecule has 2 rings (SSSR count). The number of alkyl halides is 1. The largest absolute Gasteiger partial charge is 0.391 e. The molecule has 74 valence electrons. The molecular formula is C11H12BrNO. The van der Waals surface area contributed by atoms with Crippen molar-refractivity contribution in [1.82, 2.24) is 0 Å². The van der Waals surface area contributed by atoms with Gasteiger partial charge in [-0.3, -0.25) is 0 Å². The molecule has 0 saturated carbocycles. The van der Waals surface area contributed by atoms with E-state index in [1.165, 1.54) is 11.1 Å². The van der Waals surface area contributed by atoms with E-state index in [9.17, 15) is 0 Å². The molecule has 0 aromatic heterocycles. The van der Waals surface area contributed by atoms with E-state index in [0.717, 1.165) is 17.5 Å². The average molecular weight is 254 g/mol. The Hall–Kier alpha value is -0.830. The average Bonchev–Trinajstić information content (AvgIpc) is 2.67. The zero-order chi connectivity index (χ0) is 9.97. The molecule has 1 aliphatic rings. The van der Waals surface area contributed by atoms with Crippen LogP contribution >= 0.6 is 15.9 Å². The molecule has 0 saturated heterocycles. The molecule has 0 aliphatic carbocycles.